The summed E-state index contributed by atoms with van der Waals surface area (Å²) in [6, 6.07) is 17.0. The third-order valence-electron chi connectivity index (χ3n) is 6.00. The van der Waals surface area contributed by atoms with Crippen LogP contribution in [-0.4, -0.2) is 44.9 Å². The van der Waals surface area contributed by atoms with Gasteiger partial charge in [0.1, 0.15) is 18.0 Å². The molecule has 1 aliphatic heterocycles. The predicted octanol–water partition coefficient (Wildman–Crippen LogP) is 3.82. The number of para-hydroxylation sites is 2. The number of benzene rings is 2. The summed E-state index contributed by atoms with van der Waals surface area (Å²) in [7, 11) is 0. The molecule has 5 rings (SSSR count). The lowest BCUT2D eigenvalue weighted by Crippen LogP contribution is -2.38. The second kappa shape index (κ2) is 9.50. The van der Waals surface area contributed by atoms with E-state index >= 15 is 0 Å². The number of rotatable bonds is 7. The smallest absolute Gasteiger partial charge is 0.371 e. The van der Waals surface area contributed by atoms with Crippen LogP contribution in [-0.2, 0) is 16.1 Å². The summed E-state index contributed by atoms with van der Waals surface area (Å²) in [6.45, 7) is 1.68. The summed E-state index contributed by atoms with van der Waals surface area (Å²) in [5.74, 6) is -1.96. The number of hydrogen-bond donors (Lipinski definition) is 3. The molecular formula is C27H22N4O6. The Kier molecular flexibility index (Phi) is 6.06. The molecule has 37 heavy (non-hydrogen) atoms. The van der Waals surface area contributed by atoms with Crippen molar-refractivity contribution in [2.24, 2.45) is 0 Å². The minimum Gasteiger partial charge on any atom is -0.475 e. The van der Waals surface area contributed by atoms with Crippen LogP contribution >= 0.6 is 0 Å². The van der Waals surface area contributed by atoms with Gasteiger partial charge in [-0.05, 0) is 42.8 Å². The van der Waals surface area contributed by atoms with Gasteiger partial charge in [0.2, 0.25) is 11.7 Å². The van der Waals surface area contributed by atoms with Crippen molar-refractivity contribution in [3.05, 3.63) is 95.2 Å². The highest BCUT2D eigenvalue weighted by Gasteiger charge is 2.35. The SMILES string of the molecule is Cc1ccccc1NC(=O)CN1C(=O)NC(=Cc2cn(Cc3ccc(C(=O)O)o3)c3ccccc23)C1=O. The number of furan rings is 1. The van der Waals surface area contributed by atoms with Gasteiger partial charge in [-0.15, -0.1) is 0 Å². The molecule has 0 unspecified atom stereocenters. The number of anilines is 1. The van der Waals surface area contributed by atoms with Crippen molar-refractivity contribution in [2.45, 2.75) is 13.5 Å². The number of nitrogens with zero attached hydrogens (tertiary/aromatic N) is 2. The van der Waals surface area contributed by atoms with Gasteiger partial charge < -0.3 is 24.7 Å². The van der Waals surface area contributed by atoms with Crippen LogP contribution in [0.2, 0.25) is 0 Å². The van der Waals surface area contributed by atoms with Crippen LogP contribution in [0.3, 0.4) is 0 Å². The summed E-state index contributed by atoms with van der Waals surface area (Å²) >= 11 is 0. The van der Waals surface area contributed by atoms with E-state index in [0.717, 1.165) is 21.4 Å². The number of carbonyl (C=O) groups is 4. The van der Waals surface area contributed by atoms with Gasteiger partial charge in [0, 0.05) is 28.4 Å². The van der Waals surface area contributed by atoms with Crippen molar-refractivity contribution < 1.29 is 28.7 Å². The fraction of sp³-hybridized carbons (Fsp3) is 0.111. The Balaban J connectivity index is 1.37. The molecule has 3 heterocycles. The number of aromatic carboxylic acids is 1. The number of hydrogen-bond acceptors (Lipinski definition) is 5. The number of fused-ring (bicyclic) bond motifs is 1. The predicted molar refractivity (Wildman–Crippen MR) is 135 cm³/mol. The van der Waals surface area contributed by atoms with Crippen molar-refractivity contribution in [1.82, 2.24) is 14.8 Å². The van der Waals surface area contributed by atoms with Gasteiger partial charge in [0.05, 0.1) is 6.54 Å². The number of nitrogens with one attached hydrogen (secondary N) is 2. The number of carboxylic acid groups (broad SMARTS) is 1. The van der Waals surface area contributed by atoms with Gasteiger partial charge in [-0.3, -0.25) is 9.59 Å². The topological polar surface area (TPSA) is 134 Å². The van der Waals surface area contributed by atoms with Gasteiger partial charge >= 0.3 is 12.0 Å². The number of imide groups is 1. The molecule has 2 aromatic heterocycles. The summed E-state index contributed by atoms with van der Waals surface area (Å²) < 4.78 is 7.24. The Bertz CT molecular complexity index is 1600. The Morgan fingerprint density at radius 1 is 1.05 bits per heavy atom. The number of aromatic nitrogens is 1. The average molecular weight is 498 g/mol. The fourth-order valence-corrected chi connectivity index (χ4v) is 4.18. The summed E-state index contributed by atoms with van der Waals surface area (Å²) in [4.78, 5) is 50.0. The fourth-order valence-electron chi connectivity index (χ4n) is 4.18. The molecule has 0 saturated carbocycles. The molecule has 1 saturated heterocycles. The first kappa shape index (κ1) is 23.6. The molecule has 3 N–H and O–H groups in total. The van der Waals surface area contributed by atoms with Crippen LogP contribution in [0.5, 0.6) is 0 Å². The number of carbonyl (C=O) groups excluding carboxylic acids is 3. The summed E-state index contributed by atoms with van der Waals surface area (Å²) in [5, 5.41) is 15.2. The lowest BCUT2D eigenvalue weighted by atomic mass is 10.1. The molecule has 0 radical (unpaired) electrons. The van der Waals surface area contributed by atoms with E-state index in [1.807, 2.05) is 47.9 Å². The molecule has 1 aliphatic rings. The maximum atomic E-state index is 13.0. The molecule has 10 heteroatoms. The Morgan fingerprint density at radius 2 is 1.81 bits per heavy atom. The van der Waals surface area contributed by atoms with E-state index in [1.165, 1.54) is 6.07 Å². The molecule has 1 fully saturated rings. The molecule has 0 spiro atoms. The zero-order valence-electron chi connectivity index (χ0n) is 19.7. The summed E-state index contributed by atoms with van der Waals surface area (Å²) in [6.07, 6.45) is 3.34. The standard InChI is InChI=1S/C27H22N4O6/c1-16-6-2-4-8-20(16)28-24(32)15-31-25(33)21(29-27(31)36)12-17-13-30(22-9-5-3-7-19(17)22)14-18-10-11-23(37-18)26(34)35/h2-13H,14-15H2,1H3,(H,28,32)(H,29,36)(H,34,35). The van der Waals surface area contributed by atoms with Crippen molar-refractivity contribution in [2.75, 3.05) is 11.9 Å². The van der Waals surface area contributed by atoms with Crippen molar-refractivity contribution in [3.8, 4) is 0 Å². The number of amides is 4. The van der Waals surface area contributed by atoms with E-state index in [9.17, 15) is 19.2 Å². The number of carboxylic acids is 1. The first-order valence-corrected chi connectivity index (χ1v) is 11.4. The van der Waals surface area contributed by atoms with Crippen LogP contribution in [0.15, 0.2) is 77.0 Å². The zero-order chi connectivity index (χ0) is 26.1. The van der Waals surface area contributed by atoms with Crippen molar-refractivity contribution in [3.63, 3.8) is 0 Å². The average Bonchev–Trinajstić information content (AvgIpc) is 3.55. The first-order chi connectivity index (χ1) is 17.8. The van der Waals surface area contributed by atoms with Gasteiger partial charge in [-0.1, -0.05) is 36.4 Å². The lowest BCUT2D eigenvalue weighted by Gasteiger charge is -2.13. The number of aryl methyl sites for hydroxylation is 1. The van der Waals surface area contributed by atoms with Crippen LogP contribution < -0.4 is 10.6 Å². The Morgan fingerprint density at radius 3 is 2.57 bits per heavy atom. The lowest BCUT2D eigenvalue weighted by molar-refractivity contribution is -0.127. The molecule has 4 amide bonds. The molecule has 0 atom stereocenters. The Hall–Kier alpha value is -5.12. The van der Waals surface area contributed by atoms with E-state index in [-0.39, 0.29) is 18.0 Å². The third-order valence-corrected chi connectivity index (χ3v) is 6.00. The highest BCUT2D eigenvalue weighted by Crippen LogP contribution is 2.26. The van der Waals surface area contributed by atoms with E-state index in [0.29, 0.717) is 17.0 Å². The highest BCUT2D eigenvalue weighted by molar-refractivity contribution is 6.16. The van der Waals surface area contributed by atoms with E-state index in [2.05, 4.69) is 10.6 Å². The molecule has 0 aliphatic carbocycles. The van der Waals surface area contributed by atoms with E-state index in [1.54, 1.807) is 30.5 Å². The van der Waals surface area contributed by atoms with E-state index < -0.39 is 30.4 Å². The second-order valence-corrected chi connectivity index (χ2v) is 8.54. The summed E-state index contributed by atoms with van der Waals surface area (Å²) in [5.41, 5.74) is 3.00. The minimum atomic E-state index is -1.15. The van der Waals surface area contributed by atoms with Crippen LogP contribution in [0, 0.1) is 6.92 Å². The second-order valence-electron chi connectivity index (χ2n) is 8.54. The van der Waals surface area contributed by atoms with Gasteiger partial charge in [0.25, 0.3) is 5.91 Å². The van der Waals surface area contributed by atoms with Gasteiger partial charge in [0.15, 0.2) is 0 Å². The molecule has 186 valence electrons. The van der Waals surface area contributed by atoms with Crippen molar-refractivity contribution >= 4 is 46.5 Å². The zero-order valence-corrected chi connectivity index (χ0v) is 19.7. The maximum Gasteiger partial charge on any atom is 0.371 e. The molecule has 2 aromatic carbocycles. The molecule has 10 nitrogen and oxygen atoms in total. The highest BCUT2D eigenvalue weighted by atomic mass is 16.4. The normalized spacial score (nSPS) is 14.4. The van der Waals surface area contributed by atoms with Crippen LogP contribution in [0.25, 0.3) is 17.0 Å². The number of urea groups is 1. The third kappa shape index (κ3) is 4.72. The van der Waals surface area contributed by atoms with E-state index in [4.69, 9.17) is 9.52 Å². The van der Waals surface area contributed by atoms with Gasteiger partial charge in [-0.25, -0.2) is 14.5 Å². The monoisotopic (exact) mass is 498 g/mol. The van der Waals surface area contributed by atoms with Gasteiger partial charge in [-0.2, -0.15) is 0 Å². The molecule has 4 aromatic rings. The molecule has 0 bridgehead atoms. The minimum absolute atomic E-state index is 0.0442. The largest absolute Gasteiger partial charge is 0.475 e. The van der Waals surface area contributed by atoms with Crippen LogP contribution in [0.1, 0.15) is 27.4 Å². The quantitative estimate of drug-likeness (QED) is 0.262. The maximum absolute atomic E-state index is 13.0. The molecular weight excluding hydrogens is 476 g/mol. The van der Waals surface area contributed by atoms with Crippen molar-refractivity contribution in [1.29, 1.82) is 0 Å². The first-order valence-electron chi connectivity index (χ1n) is 11.4. The van der Waals surface area contributed by atoms with Crippen LogP contribution in [0.4, 0.5) is 10.5 Å². The Labute approximate surface area is 210 Å².